The Bertz CT molecular complexity index is 1520. The van der Waals surface area contributed by atoms with E-state index in [-0.39, 0.29) is 11.5 Å². The van der Waals surface area contributed by atoms with E-state index in [0.29, 0.717) is 24.6 Å². The highest BCUT2D eigenvalue weighted by atomic mass is 16.5. The predicted octanol–water partition coefficient (Wildman–Crippen LogP) is 6.07. The lowest BCUT2D eigenvalue weighted by atomic mass is 10.1. The van der Waals surface area contributed by atoms with Crippen molar-refractivity contribution in [3.05, 3.63) is 108 Å². The van der Waals surface area contributed by atoms with Crippen LogP contribution in [0.4, 0.5) is 0 Å². The fraction of sp³-hybridized carbons (Fsp3) is 0.200. The molecule has 0 saturated heterocycles. The van der Waals surface area contributed by atoms with Crippen LogP contribution in [0.15, 0.2) is 89.9 Å². The average molecular weight is 480 g/mol. The fourth-order valence-corrected chi connectivity index (χ4v) is 4.47. The number of aromatic nitrogens is 2. The highest BCUT2D eigenvalue weighted by Crippen LogP contribution is 2.34. The molecule has 0 aliphatic carbocycles. The number of nitrogens with zero attached hydrogens (tertiary/aromatic N) is 2. The number of hydrogen-bond donors (Lipinski definition) is 1. The van der Waals surface area contributed by atoms with Crippen LogP contribution < -0.4 is 10.1 Å². The van der Waals surface area contributed by atoms with Gasteiger partial charge in [-0.2, -0.15) is 0 Å². The molecule has 1 N–H and O–H groups in total. The first-order chi connectivity index (χ1) is 17.7. The molecule has 0 unspecified atom stereocenters. The Morgan fingerprint density at radius 3 is 2.72 bits per heavy atom. The lowest BCUT2D eigenvalue weighted by Gasteiger charge is -2.09. The molecular formula is C30H29N3O3. The summed E-state index contributed by atoms with van der Waals surface area (Å²) in [6.07, 6.45) is 2.62. The van der Waals surface area contributed by atoms with Crippen molar-refractivity contribution in [1.29, 1.82) is 0 Å². The summed E-state index contributed by atoms with van der Waals surface area (Å²) in [5.74, 6) is 1.09. The van der Waals surface area contributed by atoms with Crippen molar-refractivity contribution >= 4 is 27.8 Å². The summed E-state index contributed by atoms with van der Waals surface area (Å²) < 4.78 is 14.0. The molecular weight excluding hydrogens is 450 g/mol. The first-order valence-electron chi connectivity index (χ1n) is 12.2. The summed E-state index contributed by atoms with van der Waals surface area (Å²) in [7, 11) is 0. The molecule has 0 atom stereocenters. The maximum absolute atomic E-state index is 13.6. The summed E-state index contributed by atoms with van der Waals surface area (Å²) in [5.41, 5.74) is 4.30. The number of furan rings is 1. The molecule has 182 valence electrons. The van der Waals surface area contributed by atoms with Gasteiger partial charge in [-0.1, -0.05) is 54.6 Å². The van der Waals surface area contributed by atoms with Gasteiger partial charge in [0, 0.05) is 18.7 Å². The van der Waals surface area contributed by atoms with Crippen LogP contribution in [0.1, 0.15) is 33.9 Å². The molecule has 3 aromatic carbocycles. The standard InChI is InChI=1S/C30H29N3O3/c1-3-18-33-24-14-8-7-13-23(24)32-30(33)28(34)29-21(2)27-25(15-9-16-26(27)36-29)35-19-10-17-31-20-22-11-5-4-6-12-22/h3-9,11-16,31H,1,10,17-20H2,2H3. The van der Waals surface area contributed by atoms with E-state index in [1.165, 1.54) is 5.56 Å². The molecule has 0 bridgehead atoms. The quantitative estimate of drug-likeness (QED) is 0.142. The van der Waals surface area contributed by atoms with E-state index < -0.39 is 0 Å². The number of rotatable bonds is 11. The van der Waals surface area contributed by atoms with E-state index in [0.717, 1.165) is 47.2 Å². The third kappa shape index (κ3) is 4.68. The molecule has 0 radical (unpaired) electrons. The van der Waals surface area contributed by atoms with Gasteiger partial charge in [0.15, 0.2) is 11.6 Å². The minimum absolute atomic E-state index is 0.252. The molecule has 0 aliphatic rings. The molecule has 5 aromatic rings. The smallest absolute Gasteiger partial charge is 0.263 e. The molecule has 6 nitrogen and oxygen atoms in total. The van der Waals surface area contributed by atoms with Crippen LogP contribution in [0.3, 0.4) is 0 Å². The summed E-state index contributed by atoms with van der Waals surface area (Å²) in [6.45, 7) is 8.45. The normalized spacial score (nSPS) is 11.2. The molecule has 5 rings (SSSR count). The van der Waals surface area contributed by atoms with Gasteiger partial charge in [-0.05, 0) is 49.7 Å². The largest absolute Gasteiger partial charge is 0.493 e. The molecule has 0 fully saturated rings. The summed E-state index contributed by atoms with van der Waals surface area (Å²) >= 11 is 0. The number of nitrogens with one attached hydrogen (secondary N) is 1. The average Bonchev–Trinajstić information content (AvgIpc) is 3.45. The fourth-order valence-electron chi connectivity index (χ4n) is 4.47. The predicted molar refractivity (Wildman–Crippen MR) is 143 cm³/mol. The number of aryl methyl sites for hydroxylation is 1. The van der Waals surface area contributed by atoms with Crippen LogP contribution in [0, 0.1) is 6.92 Å². The van der Waals surface area contributed by atoms with Crippen molar-refractivity contribution < 1.29 is 13.9 Å². The molecule has 2 heterocycles. The maximum Gasteiger partial charge on any atom is 0.263 e. The Balaban J connectivity index is 1.32. The lowest BCUT2D eigenvalue weighted by Crippen LogP contribution is -2.17. The number of benzene rings is 3. The second-order valence-electron chi connectivity index (χ2n) is 8.70. The Kier molecular flexibility index (Phi) is 6.96. The molecule has 36 heavy (non-hydrogen) atoms. The zero-order valence-electron chi connectivity index (χ0n) is 20.4. The highest BCUT2D eigenvalue weighted by Gasteiger charge is 2.26. The van der Waals surface area contributed by atoms with E-state index in [1.54, 1.807) is 6.08 Å². The highest BCUT2D eigenvalue weighted by molar-refractivity contribution is 6.10. The van der Waals surface area contributed by atoms with Crippen LogP contribution in [0.5, 0.6) is 5.75 Å². The van der Waals surface area contributed by atoms with E-state index in [1.807, 2.05) is 72.2 Å². The monoisotopic (exact) mass is 479 g/mol. The SMILES string of the molecule is C=CCn1c(C(=O)c2oc3cccc(OCCCNCc4ccccc4)c3c2C)nc2ccccc21. The summed E-state index contributed by atoms with van der Waals surface area (Å²) in [4.78, 5) is 18.2. The number of ketones is 1. The summed E-state index contributed by atoms with van der Waals surface area (Å²) in [5, 5.41) is 4.26. The van der Waals surface area contributed by atoms with Crippen LogP contribution in [0.2, 0.25) is 0 Å². The first kappa shape index (κ1) is 23.6. The van der Waals surface area contributed by atoms with Crippen LogP contribution in [0.25, 0.3) is 22.0 Å². The molecule has 2 aromatic heterocycles. The molecule has 0 amide bonds. The zero-order valence-corrected chi connectivity index (χ0v) is 20.4. The topological polar surface area (TPSA) is 69.3 Å². The number of hydrogen-bond acceptors (Lipinski definition) is 5. The van der Waals surface area contributed by atoms with E-state index in [9.17, 15) is 4.79 Å². The van der Waals surface area contributed by atoms with Crippen LogP contribution in [-0.2, 0) is 13.1 Å². The number of imidazole rings is 1. The minimum atomic E-state index is -0.252. The van der Waals surface area contributed by atoms with Crippen LogP contribution >= 0.6 is 0 Å². The third-order valence-electron chi connectivity index (χ3n) is 6.22. The Labute approximate surface area is 210 Å². The molecule has 0 saturated carbocycles. The van der Waals surface area contributed by atoms with Gasteiger partial charge in [-0.25, -0.2) is 4.98 Å². The number of fused-ring (bicyclic) bond motifs is 2. The van der Waals surface area contributed by atoms with Crippen molar-refractivity contribution in [3.8, 4) is 5.75 Å². The van der Waals surface area contributed by atoms with Crippen molar-refractivity contribution in [2.45, 2.75) is 26.4 Å². The van der Waals surface area contributed by atoms with Crippen molar-refractivity contribution in [2.75, 3.05) is 13.2 Å². The first-order valence-corrected chi connectivity index (χ1v) is 12.2. The van der Waals surface area contributed by atoms with E-state index in [4.69, 9.17) is 9.15 Å². The van der Waals surface area contributed by atoms with Crippen molar-refractivity contribution in [1.82, 2.24) is 14.9 Å². The van der Waals surface area contributed by atoms with Gasteiger partial charge in [-0.15, -0.1) is 6.58 Å². The number of para-hydroxylation sites is 2. The third-order valence-corrected chi connectivity index (χ3v) is 6.22. The number of ether oxygens (including phenoxy) is 1. The zero-order chi connectivity index (χ0) is 24.9. The minimum Gasteiger partial charge on any atom is -0.493 e. The molecule has 6 heteroatoms. The second kappa shape index (κ2) is 10.6. The van der Waals surface area contributed by atoms with Gasteiger partial charge in [0.05, 0.1) is 23.0 Å². The number of allylic oxidation sites excluding steroid dienone is 1. The number of carbonyl (C=O) groups excluding carboxylic acids is 1. The van der Waals surface area contributed by atoms with Crippen molar-refractivity contribution in [2.24, 2.45) is 0 Å². The van der Waals surface area contributed by atoms with Crippen molar-refractivity contribution in [3.63, 3.8) is 0 Å². The van der Waals surface area contributed by atoms with Crippen LogP contribution in [-0.4, -0.2) is 28.5 Å². The van der Waals surface area contributed by atoms with E-state index >= 15 is 0 Å². The van der Waals surface area contributed by atoms with Gasteiger partial charge >= 0.3 is 0 Å². The maximum atomic E-state index is 13.6. The summed E-state index contributed by atoms with van der Waals surface area (Å²) in [6, 6.07) is 23.7. The molecule has 0 spiro atoms. The van der Waals surface area contributed by atoms with Gasteiger partial charge in [0.25, 0.3) is 5.78 Å². The van der Waals surface area contributed by atoms with Gasteiger partial charge in [0.1, 0.15) is 11.3 Å². The molecule has 0 aliphatic heterocycles. The lowest BCUT2D eigenvalue weighted by molar-refractivity contribution is 0.0997. The van der Waals surface area contributed by atoms with Gasteiger partial charge < -0.3 is 19.0 Å². The van der Waals surface area contributed by atoms with Gasteiger partial charge in [-0.3, -0.25) is 4.79 Å². The van der Waals surface area contributed by atoms with E-state index in [2.05, 4.69) is 29.0 Å². The Hall–Kier alpha value is -4.16. The number of carbonyl (C=O) groups is 1. The Morgan fingerprint density at radius 1 is 1.08 bits per heavy atom. The van der Waals surface area contributed by atoms with Gasteiger partial charge in [0.2, 0.25) is 0 Å². The second-order valence-corrected chi connectivity index (χ2v) is 8.70. The Morgan fingerprint density at radius 2 is 1.89 bits per heavy atom.